The number of thioether (sulfide) groups is 1. The van der Waals surface area contributed by atoms with E-state index < -0.39 is 5.97 Å². The number of aryl methyl sites for hydroxylation is 1. The minimum absolute atomic E-state index is 0.171. The number of rotatable bonds is 8. The van der Waals surface area contributed by atoms with Crippen LogP contribution in [0.15, 0.2) is 65.6 Å². The second kappa shape index (κ2) is 10.7. The first-order valence-electron chi connectivity index (χ1n) is 11.0. The van der Waals surface area contributed by atoms with Crippen LogP contribution in [0.4, 0.5) is 0 Å². The number of ether oxygens (including phenoxy) is 3. The van der Waals surface area contributed by atoms with E-state index in [2.05, 4.69) is 0 Å². The van der Waals surface area contributed by atoms with Crippen molar-refractivity contribution in [1.82, 2.24) is 4.57 Å². The van der Waals surface area contributed by atoms with Crippen molar-refractivity contribution in [1.29, 1.82) is 0 Å². The van der Waals surface area contributed by atoms with E-state index in [1.165, 1.54) is 6.08 Å². The number of aromatic nitrogens is 1. The largest absolute Gasteiger partial charge is 0.486 e. The molecule has 1 aliphatic rings. The van der Waals surface area contributed by atoms with E-state index in [9.17, 15) is 9.59 Å². The fourth-order valence-corrected chi connectivity index (χ4v) is 4.27. The quantitative estimate of drug-likeness (QED) is 0.195. The third-order valence-corrected chi connectivity index (χ3v) is 6.44. The zero-order valence-electron chi connectivity index (χ0n) is 19.4. The van der Waals surface area contributed by atoms with Crippen LogP contribution in [0.5, 0.6) is 11.5 Å². The Morgan fingerprint density at radius 1 is 1.12 bits per heavy atom. The van der Waals surface area contributed by atoms with Gasteiger partial charge in [-0.3, -0.25) is 4.79 Å². The summed E-state index contributed by atoms with van der Waals surface area (Å²) < 4.78 is 19.1. The van der Waals surface area contributed by atoms with Gasteiger partial charge in [0.15, 0.2) is 24.2 Å². The first kappa shape index (κ1) is 23.7. The lowest BCUT2D eigenvalue weighted by atomic mass is 10.1. The van der Waals surface area contributed by atoms with E-state index in [0.717, 1.165) is 33.3 Å². The van der Waals surface area contributed by atoms with Gasteiger partial charge in [-0.15, -0.1) is 11.8 Å². The van der Waals surface area contributed by atoms with E-state index in [0.29, 0.717) is 18.7 Å². The Labute approximate surface area is 203 Å². The molecule has 7 heteroatoms. The van der Waals surface area contributed by atoms with Crippen molar-refractivity contribution < 1.29 is 23.8 Å². The van der Waals surface area contributed by atoms with E-state index in [4.69, 9.17) is 14.2 Å². The molecule has 0 fully saturated rings. The summed E-state index contributed by atoms with van der Waals surface area (Å²) in [4.78, 5) is 26.0. The highest BCUT2D eigenvalue weighted by molar-refractivity contribution is 7.98. The van der Waals surface area contributed by atoms with Crippen LogP contribution in [0.2, 0.25) is 0 Å². The predicted octanol–water partition coefficient (Wildman–Crippen LogP) is 5.11. The van der Waals surface area contributed by atoms with Crippen LogP contribution in [0, 0.1) is 13.8 Å². The van der Waals surface area contributed by atoms with Crippen LogP contribution in [-0.2, 0) is 16.1 Å². The van der Waals surface area contributed by atoms with Gasteiger partial charge in [0.05, 0.1) is 6.54 Å². The SMILES string of the molecule is CSc1ccc(/C=C/C(=O)OCC(=O)c2cc(C)n(C[C@H]3COc4ccccc4O3)c2C)cc1. The molecule has 0 spiro atoms. The number of hydrogen-bond donors (Lipinski definition) is 0. The van der Waals surface area contributed by atoms with Crippen molar-refractivity contribution in [2.45, 2.75) is 31.4 Å². The van der Waals surface area contributed by atoms with Gasteiger partial charge in [-0.05, 0) is 62.1 Å². The van der Waals surface area contributed by atoms with Gasteiger partial charge < -0.3 is 18.8 Å². The summed E-state index contributed by atoms with van der Waals surface area (Å²) in [6.07, 6.45) is 4.85. The number of carbonyl (C=O) groups is 2. The molecule has 0 N–H and O–H groups in total. The van der Waals surface area contributed by atoms with Crippen LogP contribution in [0.1, 0.15) is 27.3 Å². The number of para-hydroxylation sites is 2. The third-order valence-electron chi connectivity index (χ3n) is 5.70. The number of hydrogen-bond acceptors (Lipinski definition) is 6. The average Bonchev–Trinajstić information content (AvgIpc) is 3.14. The summed E-state index contributed by atoms with van der Waals surface area (Å²) in [5, 5.41) is 0. The highest BCUT2D eigenvalue weighted by atomic mass is 32.2. The summed E-state index contributed by atoms with van der Waals surface area (Å²) in [6.45, 7) is 4.50. The molecular formula is C27H27NO5S. The maximum absolute atomic E-state index is 12.8. The average molecular weight is 478 g/mol. The molecule has 3 aromatic rings. The number of nitrogens with zero attached hydrogens (tertiary/aromatic N) is 1. The second-order valence-electron chi connectivity index (χ2n) is 8.03. The van der Waals surface area contributed by atoms with Gasteiger partial charge in [-0.2, -0.15) is 0 Å². The molecule has 0 bridgehead atoms. The predicted molar refractivity (Wildman–Crippen MR) is 133 cm³/mol. The van der Waals surface area contributed by atoms with Gasteiger partial charge in [-0.25, -0.2) is 4.79 Å². The van der Waals surface area contributed by atoms with Crippen LogP contribution >= 0.6 is 11.8 Å². The van der Waals surface area contributed by atoms with E-state index in [-0.39, 0.29) is 18.5 Å². The van der Waals surface area contributed by atoms with Crippen molar-refractivity contribution in [2.24, 2.45) is 0 Å². The van der Waals surface area contributed by atoms with Crippen molar-refractivity contribution >= 4 is 29.6 Å². The molecule has 1 aromatic heterocycles. The Kier molecular flexibility index (Phi) is 7.43. The lowest BCUT2D eigenvalue weighted by molar-refractivity contribution is -0.136. The monoisotopic (exact) mass is 477 g/mol. The molecule has 1 aliphatic heterocycles. The van der Waals surface area contributed by atoms with Crippen molar-refractivity contribution in [2.75, 3.05) is 19.5 Å². The van der Waals surface area contributed by atoms with Crippen molar-refractivity contribution in [3.63, 3.8) is 0 Å². The molecule has 2 heterocycles. The van der Waals surface area contributed by atoms with Gasteiger partial charge in [0.25, 0.3) is 0 Å². The molecule has 0 saturated heterocycles. The fourth-order valence-electron chi connectivity index (χ4n) is 3.86. The highest BCUT2D eigenvalue weighted by Gasteiger charge is 2.24. The molecule has 0 saturated carbocycles. The fraction of sp³-hybridized carbons (Fsp3) is 0.259. The second-order valence-corrected chi connectivity index (χ2v) is 8.91. The smallest absolute Gasteiger partial charge is 0.331 e. The van der Waals surface area contributed by atoms with Gasteiger partial charge in [0, 0.05) is 27.9 Å². The van der Waals surface area contributed by atoms with E-state index in [1.807, 2.05) is 79.3 Å². The standard InChI is InChI=1S/C27H27NO5S/c1-18-14-23(19(2)28(18)15-21-16-31-25-6-4-5-7-26(25)33-21)24(29)17-32-27(30)13-10-20-8-11-22(34-3)12-9-20/h4-14,21H,15-17H2,1-3H3/b13-10+/t21-/m0/s1. The van der Waals surface area contributed by atoms with E-state index in [1.54, 1.807) is 17.8 Å². The summed E-state index contributed by atoms with van der Waals surface area (Å²) in [5.74, 6) is 0.667. The topological polar surface area (TPSA) is 66.8 Å². The first-order chi connectivity index (χ1) is 16.4. The van der Waals surface area contributed by atoms with Crippen LogP contribution in [0.3, 0.4) is 0 Å². The Hall–Kier alpha value is -3.45. The molecule has 0 aliphatic carbocycles. The number of benzene rings is 2. The highest BCUT2D eigenvalue weighted by Crippen LogP contribution is 2.31. The summed E-state index contributed by atoms with van der Waals surface area (Å²) in [7, 11) is 0. The molecule has 0 radical (unpaired) electrons. The normalized spacial score (nSPS) is 14.9. The van der Waals surface area contributed by atoms with Crippen LogP contribution in [0.25, 0.3) is 6.08 Å². The van der Waals surface area contributed by atoms with Gasteiger partial charge in [0.1, 0.15) is 6.61 Å². The molecule has 0 unspecified atom stereocenters. The Balaban J connectivity index is 1.34. The van der Waals surface area contributed by atoms with Gasteiger partial charge >= 0.3 is 5.97 Å². The minimum atomic E-state index is -0.553. The van der Waals surface area contributed by atoms with Gasteiger partial charge in [-0.1, -0.05) is 24.3 Å². The molecule has 2 aromatic carbocycles. The van der Waals surface area contributed by atoms with Gasteiger partial charge in [0.2, 0.25) is 5.78 Å². The number of esters is 1. The number of fused-ring (bicyclic) bond motifs is 1. The lowest BCUT2D eigenvalue weighted by Gasteiger charge is -2.27. The van der Waals surface area contributed by atoms with Crippen molar-refractivity contribution in [3.05, 3.63) is 83.2 Å². The molecular weight excluding hydrogens is 450 g/mol. The third kappa shape index (κ3) is 5.54. The molecule has 0 amide bonds. The number of carbonyl (C=O) groups excluding carboxylic acids is 2. The molecule has 34 heavy (non-hydrogen) atoms. The first-order valence-corrected chi connectivity index (χ1v) is 12.2. The minimum Gasteiger partial charge on any atom is -0.486 e. The Bertz CT molecular complexity index is 1210. The van der Waals surface area contributed by atoms with Crippen LogP contribution < -0.4 is 9.47 Å². The number of Topliss-reactive ketones (excluding diaryl/α,β-unsaturated/α-hetero) is 1. The van der Waals surface area contributed by atoms with Crippen LogP contribution in [-0.4, -0.2) is 41.9 Å². The summed E-state index contributed by atoms with van der Waals surface area (Å²) in [5.41, 5.74) is 3.17. The molecule has 176 valence electrons. The Morgan fingerprint density at radius 3 is 2.59 bits per heavy atom. The zero-order chi connectivity index (χ0) is 24.1. The molecule has 4 rings (SSSR count). The summed E-state index contributed by atoms with van der Waals surface area (Å²) in [6, 6.07) is 17.2. The summed E-state index contributed by atoms with van der Waals surface area (Å²) >= 11 is 1.65. The molecule has 6 nitrogen and oxygen atoms in total. The number of ketones is 1. The van der Waals surface area contributed by atoms with Crippen molar-refractivity contribution in [3.8, 4) is 11.5 Å². The lowest BCUT2D eigenvalue weighted by Crippen LogP contribution is -2.33. The maximum atomic E-state index is 12.8. The van der Waals surface area contributed by atoms with E-state index >= 15 is 0 Å². The Morgan fingerprint density at radius 2 is 1.85 bits per heavy atom. The molecule has 1 atom stereocenters. The zero-order valence-corrected chi connectivity index (χ0v) is 20.3. The maximum Gasteiger partial charge on any atom is 0.331 e.